The molecule has 2 heterocycles. The van der Waals surface area contributed by atoms with E-state index in [1.165, 1.54) is 0 Å². The quantitative estimate of drug-likeness (QED) is 0.825. The topological polar surface area (TPSA) is 66.6 Å². The predicted octanol–water partition coefficient (Wildman–Crippen LogP) is 0.835. The van der Waals surface area contributed by atoms with Crippen LogP contribution in [0.25, 0.3) is 5.65 Å². The molecular formula is C12H15N3O2. The van der Waals surface area contributed by atoms with E-state index < -0.39 is 5.54 Å². The van der Waals surface area contributed by atoms with Gasteiger partial charge in [0.1, 0.15) is 5.65 Å². The van der Waals surface area contributed by atoms with E-state index in [9.17, 15) is 4.79 Å². The van der Waals surface area contributed by atoms with Gasteiger partial charge in [0.25, 0.3) is 5.91 Å². The Bertz CT molecular complexity index is 545. The number of imidazole rings is 1. The summed E-state index contributed by atoms with van der Waals surface area (Å²) in [5.74, 6) is -0.235. The van der Waals surface area contributed by atoms with Crippen molar-refractivity contribution in [3.05, 3.63) is 36.3 Å². The first kappa shape index (κ1) is 11.6. The molecular weight excluding hydrogens is 218 g/mol. The Hall–Kier alpha value is -1.88. The van der Waals surface area contributed by atoms with Crippen LogP contribution >= 0.6 is 0 Å². The average molecular weight is 233 g/mol. The Morgan fingerprint density at radius 2 is 2.29 bits per heavy atom. The first-order valence-electron chi connectivity index (χ1n) is 5.38. The maximum Gasteiger partial charge on any atom is 0.255 e. The summed E-state index contributed by atoms with van der Waals surface area (Å²) in [6.07, 6.45) is 5.25. The average Bonchev–Trinajstić information content (AvgIpc) is 2.76. The van der Waals surface area contributed by atoms with Crippen LogP contribution in [0.5, 0.6) is 0 Å². The summed E-state index contributed by atoms with van der Waals surface area (Å²) in [6.45, 7) is 3.41. The second-order valence-corrected chi connectivity index (χ2v) is 4.58. The Morgan fingerprint density at radius 3 is 3.00 bits per heavy atom. The third-order valence-electron chi connectivity index (χ3n) is 2.51. The Labute approximate surface area is 99.1 Å². The number of nitrogens with one attached hydrogen (secondary N) is 1. The van der Waals surface area contributed by atoms with Crippen LogP contribution in [0.15, 0.2) is 30.7 Å². The summed E-state index contributed by atoms with van der Waals surface area (Å²) in [7, 11) is 0. The van der Waals surface area contributed by atoms with Gasteiger partial charge in [-0.25, -0.2) is 4.98 Å². The normalized spacial score (nSPS) is 11.7. The van der Waals surface area contributed by atoms with E-state index in [1.54, 1.807) is 42.8 Å². The molecule has 1 amide bonds. The lowest BCUT2D eigenvalue weighted by Crippen LogP contribution is -2.46. The van der Waals surface area contributed by atoms with Crippen LogP contribution in [0.4, 0.5) is 0 Å². The SMILES string of the molecule is CC(C)(CO)NC(=O)c1cccn2ccnc12. The lowest BCUT2D eigenvalue weighted by Gasteiger charge is -2.23. The van der Waals surface area contributed by atoms with Gasteiger partial charge in [0.2, 0.25) is 0 Å². The van der Waals surface area contributed by atoms with Gasteiger partial charge in [-0.1, -0.05) is 0 Å². The van der Waals surface area contributed by atoms with Crippen LogP contribution in [-0.4, -0.2) is 32.5 Å². The molecule has 0 atom stereocenters. The number of carbonyl (C=O) groups is 1. The number of hydrogen-bond acceptors (Lipinski definition) is 3. The number of carbonyl (C=O) groups excluding carboxylic acids is 1. The number of aromatic nitrogens is 2. The maximum atomic E-state index is 12.1. The third kappa shape index (κ3) is 2.29. The fourth-order valence-corrected chi connectivity index (χ4v) is 1.54. The van der Waals surface area contributed by atoms with Gasteiger partial charge in [0, 0.05) is 18.6 Å². The zero-order valence-corrected chi connectivity index (χ0v) is 9.84. The van der Waals surface area contributed by atoms with Gasteiger partial charge in [-0.2, -0.15) is 0 Å². The van der Waals surface area contributed by atoms with Crippen molar-refractivity contribution in [2.24, 2.45) is 0 Å². The molecule has 5 heteroatoms. The number of aliphatic hydroxyl groups is 1. The van der Waals surface area contributed by atoms with E-state index in [1.807, 2.05) is 6.20 Å². The van der Waals surface area contributed by atoms with Gasteiger partial charge < -0.3 is 14.8 Å². The second-order valence-electron chi connectivity index (χ2n) is 4.58. The van der Waals surface area contributed by atoms with Crippen LogP contribution in [-0.2, 0) is 0 Å². The van der Waals surface area contributed by atoms with E-state index >= 15 is 0 Å². The van der Waals surface area contributed by atoms with Crippen LogP contribution in [0, 0.1) is 0 Å². The first-order chi connectivity index (χ1) is 8.03. The monoisotopic (exact) mass is 233 g/mol. The summed E-state index contributed by atoms with van der Waals surface area (Å²) < 4.78 is 1.78. The summed E-state index contributed by atoms with van der Waals surface area (Å²) in [5, 5.41) is 11.9. The molecule has 0 fully saturated rings. The minimum absolute atomic E-state index is 0.115. The second kappa shape index (κ2) is 4.18. The largest absolute Gasteiger partial charge is 0.394 e. The van der Waals surface area contributed by atoms with Crippen molar-refractivity contribution >= 4 is 11.6 Å². The standard InChI is InChI=1S/C12H15N3O2/c1-12(2,8-16)14-11(17)9-4-3-6-15-7-5-13-10(9)15/h3-7,16H,8H2,1-2H3,(H,14,17). The van der Waals surface area contributed by atoms with Gasteiger partial charge in [-0.15, -0.1) is 0 Å². The van der Waals surface area contributed by atoms with E-state index in [2.05, 4.69) is 10.3 Å². The Balaban J connectivity index is 2.34. The zero-order chi connectivity index (χ0) is 12.5. The third-order valence-corrected chi connectivity index (χ3v) is 2.51. The van der Waals surface area contributed by atoms with Crippen molar-refractivity contribution in [2.75, 3.05) is 6.61 Å². The Kier molecular flexibility index (Phi) is 2.85. The molecule has 0 spiro atoms. The van der Waals surface area contributed by atoms with Gasteiger partial charge in [0.15, 0.2) is 0 Å². The molecule has 0 unspecified atom stereocenters. The van der Waals surface area contributed by atoms with Gasteiger partial charge in [0.05, 0.1) is 17.7 Å². The number of hydrogen-bond donors (Lipinski definition) is 2. The van der Waals surface area contributed by atoms with Crippen LogP contribution < -0.4 is 5.32 Å². The smallest absolute Gasteiger partial charge is 0.255 e. The van der Waals surface area contributed by atoms with Crippen LogP contribution in [0.3, 0.4) is 0 Å². The summed E-state index contributed by atoms with van der Waals surface area (Å²) in [6, 6.07) is 3.50. The highest BCUT2D eigenvalue weighted by molar-refractivity contribution is 6.00. The predicted molar refractivity (Wildman–Crippen MR) is 63.8 cm³/mol. The molecule has 2 rings (SSSR count). The molecule has 0 aliphatic heterocycles. The molecule has 0 radical (unpaired) electrons. The number of nitrogens with zero attached hydrogens (tertiary/aromatic N) is 2. The van der Waals surface area contributed by atoms with E-state index in [0.717, 1.165) is 0 Å². The molecule has 5 nitrogen and oxygen atoms in total. The molecule has 90 valence electrons. The van der Waals surface area contributed by atoms with E-state index in [0.29, 0.717) is 11.2 Å². The van der Waals surface area contributed by atoms with Gasteiger partial charge >= 0.3 is 0 Å². The molecule has 2 aromatic rings. The molecule has 0 saturated carbocycles. The van der Waals surface area contributed by atoms with Crippen molar-refractivity contribution in [3.63, 3.8) is 0 Å². The van der Waals surface area contributed by atoms with Crippen LogP contribution in [0.2, 0.25) is 0 Å². The number of rotatable bonds is 3. The lowest BCUT2D eigenvalue weighted by molar-refractivity contribution is 0.0870. The minimum Gasteiger partial charge on any atom is -0.394 e. The first-order valence-corrected chi connectivity index (χ1v) is 5.38. The molecule has 0 aliphatic carbocycles. The van der Waals surface area contributed by atoms with Crippen LogP contribution in [0.1, 0.15) is 24.2 Å². The van der Waals surface area contributed by atoms with Gasteiger partial charge in [-0.05, 0) is 26.0 Å². The fourth-order valence-electron chi connectivity index (χ4n) is 1.54. The highest BCUT2D eigenvalue weighted by Gasteiger charge is 2.21. The summed E-state index contributed by atoms with van der Waals surface area (Å²) in [5.41, 5.74) is 0.467. The fraction of sp³-hybridized carbons (Fsp3) is 0.333. The van der Waals surface area contributed by atoms with Crippen molar-refractivity contribution in [1.82, 2.24) is 14.7 Å². The number of aliphatic hydroxyl groups excluding tert-OH is 1. The molecule has 0 aliphatic rings. The molecule has 0 bridgehead atoms. The summed E-state index contributed by atoms with van der Waals surface area (Å²) >= 11 is 0. The number of amides is 1. The van der Waals surface area contributed by atoms with Gasteiger partial charge in [-0.3, -0.25) is 4.79 Å². The lowest BCUT2D eigenvalue weighted by atomic mass is 10.1. The minimum atomic E-state index is -0.642. The number of fused-ring (bicyclic) bond motifs is 1. The zero-order valence-electron chi connectivity index (χ0n) is 9.84. The maximum absolute atomic E-state index is 12.1. The molecule has 17 heavy (non-hydrogen) atoms. The van der Waals surface area contributed by atoms with Crippen molar-refractivity contribution in [3.8, 4) is 0 Å². The molecule has 2 aromatic heterocycles. The summed E-state index contributed by atoms with van der Waals surface area (Å²) in [4.78, 5) is 16.2. The highest BCUT2D eigenvalue weighted by atomic mass is 16.3. The number of pyridine rings is 1. The highest BCUT2D eigenvalue weighted by Crippen LogP contribution is 2.10. The molecule has 0 saturated heterocycles. The van der Waals surface area contributed by atoms with Crippen molar-refractivity contribution < 1.29 is 9.90 Å². The molecule has 0 aromatic carbocycles. The van der Waals surface area contributed by atoms with E-state index in [-0.39, 0.29) is 12.5 Å². The Morgan fingerprint density at radius 1 is 1.53 bits per heavy atom. The van der Waals surface area contributed by atoms with Crippen molar-refractivity contribution in [2.45, 2.75) is 19.4 Å². The molecule has 2 N–H and O–H groups in total. The van der Waals surface area contributed by atoms with Crippen molar-refractivity contribution in [1.29, 1.82) is 0 Å². The van der Waals surface area contributed by atoms with E-state index in [4.69, 9.17) is 5.11 Å².